The van der Waals surface area contributed by atoms with Gasteiger partial charge in [-0.3, -0.25) is 9.89 Å². The fourth-order valence-corrected chi connectivity index (χ4v) is 1.35. The van der Waals surface area contributed by atoms with E-state index in [2.05, 4.69) is 15.5 Å². The van der Waals surface area contributed by atoms with E-state index in [4.69, 9.17) is 0 Å². The smallest absolute Gasteiger partial charge is 0.248 e. The molecule has 1 amide bonds. The number of aromatic nitrogens is 2. The Hall–Kier alpha value is -2.10. The molecule has 4 nitrogen and oxygen atoms in total. The molecule has 4 heteroatoms. The minimum Gasteiger partial charge on any atom is -0.322 e. The predicted octanol–water partition coefficient (Wildman–Crippen LogP) is 2.08. The van der Waals surface area contributed by atoms with Crippen LogP contribution in [0.3, 0.4) is 0 Å². The van der Waals surface area contributed by atoms with Crippen LogP contribution in [0.1, 0.15) is 6.92 Å². The summed E-state index contributed by atoms with van der Waals surface area (Å²) in [5.41, 5.74) is 1.67. The van der Waals surface area contributed by atoms with E-state index in [9.17, 15) is 4.79 Å². The lowest BCUT2D eigenvalue weighted by molar-refractivity contribution is -0.111. The van der Waals surface area contributed by atoms with E-state index in [0.29, 0.717) is 0 Å². The van der Waals surface area contributed by atoms with Gasteiger partial charge in [-0.05, 0) is 31.2 Å². The molecule has 0 atom stereocenters. The van der Waals surface area contributed by atoms with E-state index in [1.807, 2.05) is 18.2 Å². The molecule has 0 bridgehead atoms. The average Bonchev–Trinajstić information content (AvgIpc) is 2.65. The summed E-state index contributed by atoms with van der Waals surface area (Å²) >= 11 is 0. The van der Waals surface area contributed by atoms with Gasteiger partial charge in [0, 0.05) is 11.1 Å². The molecule has 2 N–H and O–H groups in total. The number of H-pyrrole nitrogens is 1. The van der Waals surface area contributed by atoms with E-state index in [-0.39, 0.29) is 5.91 Å². The number of nitrogens with one attached hydrogen (secondary N) is 2. The maximum atomic E-state index is 11.3. The van der Waals surface area contributed by atoms with Crippen LogP contribution in [-0.4, -0.2) is 16.1 Å². The molecule has 0 aliphatic rings. The zero-order valence-electron chi connectivity index (χ0n) is 8.32. The maximum absolute atomic E-state index is 11.3. The van der Waals surface area contributed by atoms with Gasteiger partial charge in [0.25, 0.3) is 0 Å². The van der Waals surface area contributed by atoms with Crippen molar-refractivity contribution in [2.24, 2.45) is 0 Å². The predicted molar refractivity (Wildman–Crippen MR) is 59.5 cm³/mol. The van der Waals surface area contributed by atoms with E-state index in [1.54, 1.807) is 19.2 Å². The number of aromatic amines is 1. The summed E-state index contributed by atoms with van der Waals surface area (Å²) in [6, 6.07) is 5.60. The molecule has 1 aromatic carbocycles. The molecule has 0 spiro atoms. The first-order valence-electron chi connectivity index (χ1n) is 4.66. The maximum Gasteiger partial charge on any atom is 0.248 e. The second-order valence-corrected chi connectivity index (χ2v) is 3.16. The van der Waals surface area contributed by atoms with Crippen molar-refractivity contribution in [1.82, 2.24) is 10.2 Å². The summed E-state index contributed by atoms with van der Waals surface area (Å²) < 4.78 is 0. The minimum absolute atomic E-state index is 0.128. The van der Waals surface area contributed by atoms with E-state index < -0.39 is 0 Å². The van der Waals surface area contributed by atoms with Gasteiger partial charge in [-0.25, -0.2) is 0 Å². The standard InChI is InChI=1S/C11H11N3O/c1-2-3-11(15)13-9-5-4-8-7-12-14-10(8)6-9/h2-7H,1H3,(H,12,14)(H,13,15). The lowest BCUT2D eigenvalue weighted by atomic mass is 10.2. The van der Waals surface area contributed by atoms with Crippen LogP contribution in [0.2, 0.25) is 0 Å². The number of fused-ring (bicyclic) bond motifs is 1. The molecule has 2 rings (SSSR count). The van der Waals surface area contributed by atoms with Gasteiger partial charge in [-0.15, -0.1) is 0 Å². The highest BCUT2D eigenvalue weighted by atomic mass is 16.1. The number of hydrogen-bond donors (Lipinski definition) is 2. The second kappa shape index (κ2) is 3.96. The highest BCUT2D eigenvalue weighted by Crippen LogP contribution is 2.16. The Bertz CT molecular complexity index is 513. The fourth-order valence-electron chi connectivity index (χ4n) is 1.35. The Morgan fingerprint density at radius 3 is 3.20 bits per heavy atom. The van der Waals surface area contributed by atoms with Gasteiger partial charge < -0.3 is 5.32 Å². The molecule has 0 saturated heterocycles. The zero-order valence-corrected chi connectivity index (χ0v) is 8.32. The van der Waals surface area contributed by atoms with Gasteiger partial charge in [0.15, 0.2) is 0 Å². The summed E-state index contributed by atoms with van der Waals surface area (Å²) in [5.74, 6) is -0.128. The largest absolute Gasteiger partial charge is 0.322 e. The molecule has 2 aromatic rings. The zero-order chi connectivity index (χ0) is 10.7. The van der Waals surface area contributed by atoms with Crippen molar-refractivity contribution in [3.63, 3.8) is 0 Å². The lowest BCUT2D eigenvalue weighted by Crippen LogP contribution is -2.07. The molecule has 0 radical (unpaired) electrons. The first-order chi connectivity index (χ1) is 7.29. The number of anilines is 1. The molecule has 0 aliphatic heterocycles. The van der Waals surface area contributed by atoms with Crippen LogP contribution < -0.4 is 5.32 Å². The number of rotatable bonds is 2. The number of allylic oxidation sites excluding steroid dienone is 1. The van der Waals surface area contributed by atoms with Crippen LogP contribution in [0.25, 0.3) is 10.9 Å². The van der Waals surface area contributed by atoms with Crippen molar-refractivity contribution in [3.8, 4) is 0 Å². The molecule has 0 fully saturated rings. The summed E-state index contributed by atoms with van der Waals surface area (Å²) in [6.07, 6.45) is 4.92. The van der Waals surface area contributed by atoms with E-state index in [0.717, 1.165) is 16.6 Å². The van der Waals surface area contributed by atoms with Gasteiger partial charge in [0.1, 0.15) is 0 Å². The quantitative estimate of drug-likeness (QED) is 0.731. The molecule has 0 unspecified atom stereocenters. The van der Waals surface area contributed by atoms with Crippen molar-refractivity contribution in [2.75, 3.05) is 5.32 Å². The number of nitrogens with zero attached hydrogens (tertiary/aromatic N) is 1. The Labute approximate surface area is 87.0 Å². The van der Waals surface area contributed by atoms with Crippen LogP contribution in [0, 0.1) is 0 Å². The molecule has 1 aromatic heterocycles. The van der Waals surface area contributed by atoms with Crippen molar-refractivity contribution >= 4 is 22.5 Å². The number of benzene rings is 1. The molecule has 1 heterocycles. The molecular weight excluding hydrogens is 190 g/mol. The van der Waals surface area contributed by atoms with Gasteiger partial charge in [-0.1, -0.05) is 6.08 Å². The summed E-state index contributed by atoms with van der Waals surface area (Å²) in [5, 5.41) is 10.5. The van der Waals surface area contributed by atoms with Gasteiger partial charge in [0.2, 0.25) is 5.91 Å². The summed E-state index contributed by atoms with van der Waals surface area (Å²) in [4.78, 5) is 11.3. The molecule has 0 saturated carbocycles. The lowest BCUT2D eigenvalue weighted by Gasteiger charge is -2.01. The number of carbonyl (C=O) groups is 1. The Balaban J connectivity index is 2.24. The number of hydrogen-bond acceptors (Lipinski definition) is 2. The summed E-state index contributed by atoms with van der Waals surface area (Å²) in [7, 11) is 0. The third kappa shape index (κ3) is 2.04. The topological polar surface area (TPSA) is 57.8 Å². The van der Waals surface area contributed by atoms with Crippen molar-refractivity contribution < 1.29 is 4.79 Å². The number of carbonyl (C=O) groups excluding carboxylic acids is 1. The van der Waals surface area contributed by atoms with Gasteiger partial charge in [0.05, 0.1) is 11.7 Å². The minimum atomic E-state index is -0.128. The van der Waals surface area contributed by atoms with Crippen molar-refractivity contribution in [3.05, 3.63) is 36.5 Å². The SMILES string of the molecule is CC=CC(=O)Nc1ccc2cn[nH]c2c1. The molecule has 0 aliphatic carbocycles. The Kier molecular flexibility index (Phi) is 2.49. The highest BCUT2D eigenvalue weighted by Gasteiger charge is 1.99. The van der Waals surface area contributed by atoms with Crippen molar-refractivity contribution in [1.29, 1.82) is 0 Å². The van der Waals surface area contributed by atoms with Gasteiger partial charge in [-0.2, -0.15) is 5.10 Å². The van der Waals surface area contributed by atoms with Crippen LogP contribution in [0.5, 0.6) is 0 Å². The third-order valence-corrected chi connectivity index (χ3v) is 2.03. The van der Waals surface area contributed by atoms with Crippen molar-refractivity contribution in [2.45, 2.75) is 6.92 Å². The first-order valence-corrected chi connectivity index (χ1v) is 4.66. The highest BCUT2D eigenvalue weighted by molar-refractivity contribution is 6.00. The monoisotopic (exact) mass is 201 g/mol. The molecular formula is C11H11N3O. The second-order valence-electron chi connectivity index (χ2n) is 3.16. The molecule has 15 heavy (non-hydrogen) atoms. The average molecular weight is 201 g/mol. The Morgan fingerprint density at radius 1 is 1.53 bits per heavy atom. The van der Waals surface area contributed by atoms with Crippen LogP contribution in [-0.2, 0) is 4.79 Å². The van der Waals surface area contributed by atoms with Crippen LogP contribution in [0.15, 0.2) is 36.5 Å². The van der Waals surface area contributed by atoms with E-state index in [1.165, 1.54) is 6.08 Å². The first kappa shape index (κ1) is 9.45. The van der Waals surface area contributed by atoms with Crippen LogP contribution >= 0.6 is 0 Å². The van der Waals surface area contributed by atoms with Crippen LogP contribution in [0.4, 0.5) is 5.69 Å². The number of amides is 1. The molecule has 76 valence electrons. The fraction of sp³-hybridized carbons (Fsp3) is 0.0909. The van der Waals surface area contributed by atoms with Gasteiger partial charge >= 0.3 is 0 Å². The normalized spacial score (nSPS) is 11.0. The summed E-state index contributed by atoms with van der Waals surface area (Å²) in [6.45, 7) is 1.80. The van der Waals surface area contributed by atoms with E-state index >= 15 is 0 Å². The third-order valence-electron chi connectivity index (χ3n) is 2.03. The Morgan fingerprint density at radius 2 is 2.40 bits per heavy atom.